The van der Waals surface area contributed by atoms with Gasteiger partial charge in [-0.2, -0.15) is 0 Å². The molecule has 4 nitrogen and oxygen atoms in total. The summed E-state index contributed by atoms with van der Waals surface area (Å²) in [5, 5.41) is 13.3. The SMILES string of the molecule is O=C(O)C1C2C=CC(C2)C1C(=O)Oc1c2ccccc2cc2ccccc12. The molecule has 2 bridgehead atoms. The molecule has 2 aliphatic carbocycles. The van der Waals surface area contributed by atoms with Gasteiger partial charge >= 0.3 is 11.9 Å². The van der Waals surface area contributed by atoms with Gasteiger partial charge in [0.2, 0.25) is 0 Å². The number of hydrogen-bond donors (Lipinski definition) is 1. The number of hydrogen-bond acceptors (Lipinski definition) is 3. The summed E-state index contributed by atoms with van der Waals surface area (Å²) in [4.78, 5) is 24.8. The molecule has 2 aliphatic rings. The van der Waals surface area contributed by atoms with E-state index in [2.05, 4.69) is 6.07 Å². The fourth-order valence-corrected chi connectivity index (χ4v) is 4.73. The summed E-state index contributed by atoms with van der Waals surface area (Å²) >= 11 is 0. The Morgan fingerprint density at radius 1 is 0.852 bits per heavy atom. The molecule has 5 rings (SSSR count). The standard InChI is InChI=1S/C23H18O4/c24-22(25)19-15-9-10-16(12-15)20(19)23(26)27-21-17-7-3-1-5-13(17)11-14-6-2-4-8-18(14)21/h1-11,15-16,19-20H,12H2,(H,24,25). The first-order valence-electron chi connectivity index (χ1n) is 9.17. The van der Waals surface area contributed by atoms with Crippen LogP contribution in [0.2, 0.25) is 0 Å². The van der Waals surface area contributed by atoms with Gasteiger partial charge in [0.1, 0.15) is 5.75 Å². The lowest BCUT2D eigenvalue weighted by molar-refractivity contribution is -0.152. The van der Waals surface area contributed by atoms with Gasteiger partial charge in [0.25, 0.3) is 0 Å². The van der Waals surface area contributed by atoms with Crippen LogP contribution in [0.5, 0.6) is 5.75 Å². The molecular weight excluding hydrogens is 340 g/mol. The number of rotatable bonds is 3. The molecule has 1 saturated carbocycles. The molecule has 0 aliphatic heterocycles. The molecule has 0 amide bonds. The first-order chi connectivity index (χ1) is 13.1. The van der Waals surface area contributed by atoms with Crippen LogP contribution in [-0.2, 0) is 9.59 Å². The molecule has 0 heterocycles. The molecule has 1 N–H and O–H groups in total. The molecule has 0 saturated heterocycles. The first kappa shape index (κ1) is 16.1. The van der Waals surface area contributed by atoms with Crippen molar-refractivity contribution in [1.29, 1.82) is 0 Å². The Bertz CT molecular complexity index is 1060. The van der Waals surface area contributed by atoms with E-state index in [9.17, 15) is 14.7 Å². The zero-order valence-corrected chi connectivity index (χ0v) is 14.5. The highest BCUT2D eigenvalue weighted by Crippen LogP contribution is 2.49. The van der Waals surface area contributed by atoms with E-state index in [1.807, 2.05) is 60.7 Å². The maximum absolute atomic E-state index is 13.1. The molecule has 0 radical (unpaired) electrons. The first-order valence-corrected chi connectivity index (χ1v) is 9.17. The zero-order chi connectivity index (χ0) is 18.5. The maximum atomic E-state index is 13.1. The average Bonchev–Trinajstić information content (AvgIpc) is 3.29. The fourth-order valence-electron chi connectivity index (χ4n) is 4.73. The highest BCUT2D eigenvalue weighted by molar-refractivity contribution is 6.06. The van der Waals surface area contributed by atoms with Crippen molar-refractivity contribution in [2.45, 2.75) is 6.42 Å². The van der Waals surface area contributed by atoms with Gasteiger partial charge in [-0.15, -0.1) is 0 Å². The molecule has 1 fully saturated rings. The number of carbonyl (C=O) groups is 2. The minimum atomic E-state index is -0.920. The minimum Gasteiger partial charge on any atom is -0.481 e. The van der Waals surface area contributed by atoms with Crippen molar-refractivity contribution in [3.63, 3.8) is 0 Å². The van der Waals surface area contributed by atoms with Crippen LogP contribution < -0.4 is 4.74 Å². The summed E-state index contributed by atoms with van der Waals surface area (Å²) in [6.45, 7) is 0. The van der Waals surface area contributed by atoms with Crippen molar-refractivity contribution in [1.82, 2.24) is 0 Å². The van der Waals surface area contributed by atoms with Gasteiger partial charge < -0.3 is 9.84 Å². The Labute approximate surface area is 156 Å². The van der Waals surface area contributed by atoms with Crippen LogP contribution in [-0.4, -0.2) is 17.0 Å². The number of fused-ring (bicyclic) bond motifs is 4. The van der Waals surface area contributed by atoms with Crippen molar-refractivity contribution in [2.75, 3.05) is 0 Å². The topological polar surface area (TPSA) is 63.6 Å². The van der Waals surface area contributed by atoms with Crippen LogP contribution in [0.1, 0.15) is 6.42 Å². The van der Waals surface area contributed by atoms with E-state index in [-0.39, 0.29) is 11.8 Å². The van der Waals surface area contributed by atoms with Crippen LogP contribution in [0.3, 0.4) is 0 Å². The highest BCUT2D eigenvalue weighted by Gasteiger charge is 2.52. The molecule has 3 aromatic rings. The Morgan fingerprint density at radius 3 is 2.00 bits per heavy atom. The van der Waals surface area contributed by atoms with Gasteiger partial charge in [-0.25, -0.2) is 0 Å². The third kappa shape index (κ3) is 2.44. The lowest BCUT2D eigenvalue weighted by atomic mass is 9.83. The van der Waals surface area contributed by atoms with Gasteiger partial charge in [0, 0.05) is 10.8 Å². The van der Waals surface area contributed by atoms with Crippen molar-refractivity contribution >= 4 is 33.5 Å². The molecule has 0 aromatic heterocycles. The van der Waals surface area contributed by atoms with Crippen molar-refractivity contribution in [3.8, 4) is 5.75 Å². The predicted octanol–water partition coefficient (Wildman–Crippen LogP) is 4.42. The summed E-state index contributed by atoms with van der Waals surface area (Å²) in [5.74, 6) is -2.30. The van der Waals surface area contributed by atoms with Crippen LogP contribution in [0, 0.1) is 23.7 Å². The van der Waals surface area contributed by atoms with E-state index in [0.717, 1.165) is 21.5 Å². The number of carboxylic acid groups (broad SMARTS) is 1. The molecular formula is C23H18O4. The summed E-state index contributed by atoms with van der Waals surface area (Å²) in [5.41, 5.74) is 0. The second-order valence-corrected chi connectivity index (χ2v) is 7.41. The summed E-state index contributed by atoms with van der Waals surface area (Å²) in [6.07, 6.45) is 4.62. The largest absolute Gasteiger partial charge is 0.481 e. The van der Waals surface area contributed by atoms with Crippen LogP contribution in [0.25, 0.3) is 21.5 Å². The lowest BCUT2D eigenvalue weighted by Gasteiger charge is -2.23. The van der Waals surface area contributed by atoms with E-state index in [1.165, 1.54) is 0 Å². The summed E-state index contributed by atoms with van der Waals surface area (Å²) < 4.78 is 5.92. The van der Waals surface area contributed by atoms with E-state index in [1.54, 1.807) is 0 Å². The van der Waals surface area contributed by atoms with E-state index in [0.29, 0.717) is 12.2 Å². The van der Waals surface area contributed by atoms with Crippen LogP contribution >= 0.6 is 0 Å². The molecule has 3 aromatic carbocycles. The van der Waals surface area contributed by atoms with Crippen molar-refractivity contribution < 1.29 is 19.4 Å². The van der Waals surface area contributed by atoms with Crippen LogP contribution in [0.15, 0.2) is 66.7 Å². The van der Waals surface area contributed by atoms with Crippen molar-refractivity contribution in [2.24, 2.45) is 23.7 Å². The highest BCUT2D eigenvalue weighted by atomic mass is 16.5. The molecule has 134 valence electrons. The quantitative estimate of drug-likeness (QED) is 0.326. The Balaban J connectivity index is 1.60. The minimum absolute atomic E-state index is 0.0511. The molecule has 4 unspecified atom stereocenters. The van der Waals surface area contributed by atoms with Gasteiger partial charge in [-0.05, 0) is 35.1 Å². The zero-order valence-electron chi connectivity index (χ0n) is 14.5. The fraction of sp³-hybridized carbons (Fsp3) is 0.217. The van der Waals surface area contributed by atoms with E-state index >= 15 is 0 Å². The third-order valence-electron chi connectivity index (χ3n) is 5.94. The Kier molecular flexibility index (Phi) is 3.54. The second-order valence-electron chi connectivity index (χ2n) is 7.41. The average molecular weight is 358 g/mol. The maximum Gasteiger partial charge on any atom is 0.315 e. The molecule has 4 heteroatoms. The third-order valence-corrected chi connectivity index (χ3v) is 5.94. The number of esters is 1. The van der Waals surface area contributed by atoms with Crippen LogP contribution in [0.4, 0.5) is 0 Å². The number of carboxylic acids is 1. The van der Waals surface area contributed by atoms with Gasteiger partial charge in [0.15, 0.2) is 0 Å². The Morgan fingerprint density at radius 2 is 1.41 bits per heavy atom. The van der Waals surface area contributed by atoms with Gasteiger partial charge in [-0.1, -0.05) is 60.7 Å². The smallest absolute Gasteiger partial charge is 0.315 e. The number of allylic oxidation sites excluding steroid dienone is 2. The second kappa shape index (κ2) is 5.95. The molecule has 4 atom stereocenters. The van der Waals surface area contributed by atoms with Gasteiger partial charge in [0.05, 0.1) is 11.8 Å². The number of aliphatic carboxylic acids is 1. The number of ether oxygens (including phenoxy) is 1. The summed E-state index contributed by atoms with van der Waals surface area (Å²) in [7, 11) is 0. The predicted molar refractivity (Wildman–Crippen MR) is 102 cm³/mol. The van der Waals surface area contributed by atoms with Crippen molar-refractivity contribution in [3.05, 3.63) is 66.7 Å². The normalized spacial score (nSPS) is 25.9. The lowest BCUT2D eigenvalue weighted by Crippen LogP contribution is -2.35. The monoisotopic (exact) mass is 358 g/mol. The molecule has 0 spiro atoms. The van der Waals surface area contributed by atoms with Gasteiger partial charge in [-0.3, -0.25) is 9.59 Å². The number of carbonyl (C=O) groups excluding carboxylic acids is 1. The van der Waals surface area contributed by atoms with E-state index < -0.39 is 23.8 Å². The number of benzene rings is 3. The Hall–Kier alpha value is -3.14. The summed E-state index contributed by atoms with van der Waals surface area (Å²) in [6, 6.07) is 17.6. The molecule has 27 heavy (non-hydrogen) atoms. The van der Waals surface area contributed by atoms with E-state index in [4.69, 9.17) is 4.74 Å².